The lowest BCUT2D eigenvalue weighted by Crippen LogP contribution is -2.39. The van der Waals surface area contributed by atoms with Gasteiger partial charge in [-0.25, -0.2) is 4.98 Å². The van der Waals surface area contributed by atoms with E-state index in [1.54, 1.807) is 11.3 Å². The third-order valence-corrected chi connectivity index (χ3v) is 4.17. The maximum atomic E-state index is 11.8. The molecule has 4 nitrogen and oxygen atoms in total. The van der Waals surface area contributed by atoms with Crippen LogP contribution in [0.25, 0.3) is 0 Å². The molecule has 1 unspecified atom stereocenters. The molecule has 0 saturated heterocycles. The van der Waals surface area contributed by atoms with Crippen molar-refractivity contribution in [3.05, 3.63) is 10.6 Å². The van der Waals surface area contributed by atoms with Gasteiger partial charge in [-0.3, -0.25) is 4.79 Å². The minimum atomic E-state index is -0.462. The zero-order valence-electron chi connectivity index (χ0n) is 10.3. The molecule has 0 bridgehead atoms. The van der Waals surface area contributed by atoms with Crippen LogP contribution in [-0.4, -0.2) is 16.9 Å². The average molecular weight is 253 g/mol. The number of nitrogens with one attached hydrogen (secondary N) is 1. The van der Waals surface area contributed by atoms with Crippen LogP contribution in [0, 0.1) is 5.92 Å². The molecule has 1 aromatic heterocycles. The van der Waals surface area contributed by atoms with Crippen molar-refractivity contribution < 1.29 is 4.79 Å². The van der Waals surface area contributed by atoms with E-state index in [0.29, 0.717) is 5.13 Å². The quantitative estimate of drug-likeness (QED) is 0.865. The smallest absolute Gasteiger partial charge is 0.243 e. The number of hydrogen-bond acceptors (Lipinski definition) is 4. The molecule has 0 spiro atoms. The molecule has 0 aliphatic heterocycles. The maximum Gasteiger partial charge on any atom is 0.243 e. The minimum absolute atomic E-state index is 0.133. The first-order valence-electron chi connectivity index (χ1n) is 6.13. The van der Waals surface area contributed by atoms with Crippen LogP contribution in [0.2, 0.25) is 0 Å². The molecule has 5 heteroatoms. The predicted molar refractivity (Wildman–Crippen MR) is 70.2 cm³/mol. The van der Waals surface area contributed by atoms with Gasteiger partial charge in [-0.2, -0.15) is 0 Å². The second-order valence-corrected chi connectivity index (χ2v) is 5.94. The van der Waals surface area contributed by atoms with E-state index in [1.165, 1.54) is 17.7 Å². The van der Waals surface area contributed by atoms with E-state index in [0.717, 1.165) is 18.5 Å². The highest BCUT2D eigenvalue weighted by Crippen LogP contribution is 2.29. The largest absolute Gasteiger partial charge is 0.320 e. The Labute approximate surface area is 106 Å². The van der Waals surface area contributed by atoms with E-state index >= 15 is 0 Å². The highest BCUT2D eigenvalue weighted by atomic mass is 32.1. The highest BCUT2D eigenvalue weighted by Gasteiger charge is 2.20. The fraction of sp³-hybridized carbons (Fsp3) is 0.667. The van der Waals surface area contributed by atoms with Gasteiger partial charge in [-0.1, -0.05) is 13.8 Å². The Morgan fingerprint density at radius 1 is 1.41 bits per heavy atom. The molecule has 2 rings (SSSR count). The molecule has 0 fully saturated rings. The van der Waals surface area contributed by atoms with Gasteiger partial charge >= 0.3 is 0 Å². The molecule has 1 aromatic rings. The van der Waals surface area contributed by atoms with Crippen LogP contribution in [0.3, 0.4) is 0 Å². The molecule has 94 valence electrons. The first kappa shape index (κ1) is 12.5. The summed E-state index contributed by atoms with van der Waals surface area (Å²) in [4.78, 5) is 17.6. The van der Waals surface area contributed by atoms with Gasteiger partial charge in [0.25, 0.3) is 0 Å². The Morgan fingerprint density at radius 2 is 2.12 bits per heavy atom. The number of amides is 1. The Balaban J connectivity index is 2.04. The van der Waals surface area contributed by atoms with Crippen LogP contribution in [0.15, 0.2) is 0 Å². The summed E-state index contributed by atoms with van der Waals surface area (Å²) >= 11 is 1.59. The Kier molecular flexibility index (Phi) is 3.79. The topological polar surface area (TPSA) is 68.0 Å². The molecular formula is C12H19N3OS. The number of aryl methyl sites for hydroxylation is 2. The summed E-state index contributed by atoms with van der Waals surface area (Å²) in [6.07, 6.45) is 4.57. The average Bonchev–Trinajstić information content (AvgIpc) is 2.69. The number of anilines is 1. The van der Waals surface area contributed by atoms with Crippen LogP contribution in [0.5, 0.6) is 0 Å². The van der Waals surface area contributed by atoms with E-state index in [1.807, 2.05) is 13.8 Å². The molecule has 1 atom stereocenters. The van der Waals surface area contributed by atoms with Crippen LogP contribution in [0.1, 0.15) is 37.3 Å². The maximum absolute atomic E-state index is 11.8. The summed E-state index contributed by atoms with van der Waals surface area (Å²) in [6, 6.07) is -0.462. The highest BCUT2D eigenvalue weighted by molar-refractivity contribution is 7.15. The van der Waals surface area contributed by atoms with E-state index < -0.39 is 6.04 Å². The minimum Gasteiger partial charge on any atom is -0.320 e. The first-order valence-corrected chi connectivity index (χ1v) is 6.94. The van der Waals surface area contributed by atoms with Crippen LogP contribution < -0.4 is 11.1 Å². The summed E-state index contributed by atoms with van der Waals surface area (Å²) in [7, 11) is 0. The number of carbonyl (C=O) groups excluding carboxylic acids is 1. The summed E-state index contributed by atoms with van der Waals surface area (Å²) in [6.45, 7) is 3.88. The number of nitrogens with two attached hydrogens (primary N) is 1. The van der Waals surface area contributed by atoms with Crippen LogP contribution in [0.4, 0.5) is 5.13 Å². The number of fused-ring (bicyclic) bond motifs is 1. The molecule has 0 saturated carbocycles. The molecule has 1 amide bonds. The van der Waals surface area contributed by atoms with Gasteiger partial charge in [-0.05, 0) is 31.6 Å². The predicted octanol–water partition coefficient (Wildman–Crippen LogP) is 1.94. The number of nitrogens with zero attached hydrogens (tertiary/aromatic N) is 1. The summed E-state index contributed by atoms with van der Waals surface area (Å²) in [5.74, 6) is 0.00989. The second-order valence-electron chi connectivity index (χ2n) is 4.86. The molecule has 17 heavy (non-hydrogen) atoms. The van der Waals surface area contributed by atoms with Crippen molar-refractivity contribution in [1.29, 1.82) is 0 Å². The van der Waals surface area contributed by atoms with Crippen molar-refractivity contribution in [2.75, 3.05) is 5.32 Å². The van der Waals surface area contributed by atoms with E-state index in [9.17, 15) is 4.79 Å². The Hall–Kier alpha value is -0.940. The molecular weight excluding hydrogens is 234 g/mol. The van der Waals surface area contributed by atoms with Gasteiger partial charge in [0, 0.05) is 4.88 Å². The fourth-order valence-corrected chi connectivity index (χ4v) is 2.95. The lowest BCUT2D eigenvalue weighted by Gasteiger charge is -2.13. The molecule has 3 N–H and O–H groups in total. The van der Waals surface area contributed by atoms with Crippen molar-refractivity contribution in [3.8, 4) is 0 Å². The third-order valence-electron chi connectivity index (χ3n) is 3.10. The van der Waals surface area contributed by atoms with Crippen molar-refractivity contribution in [1.82, 2.24) is 4.98 Å². The van der Waals surface area contributed by atoms with Gasteiger partial charge in [0.05, 0.1) is 11.7 Å². The second kappa shape index (κ2) is 5.14. The molecule has 0 radical (unpaired) electrons. The van der Waals surface area contributed by atoms with Crippen molar-refractivity contribution in [2.24, 2.45) is 11.7 Å². The molecule has 1 heterocycles. The summed E-state index contributed by atoms with van der Waals surface area (Å²) in [5.41, 5.74) is 6.96. The van der Waals surface area contributed by atoms with Gasteiger partial charge in [0.2, 0.25) is 5.91 Å². The van der Waals surface area contributed by atoms with Gasteiger partial charge in [0.1, 0.15) is 0 Å². The van der Waals surface area contributed by atoms with E-state index in [2.05, 4.69) is 10.3 Å². The first-order chi connectivity index (χ1) is 8.08. The lowest BCUT2D eigenvalue weighted by molar-refractivity contribution is -0.118. The number of aromatic nitrogens is 1. The third kappa shape index (κ3) is 2.84. The fourth-order valence-electron chi connectivity index (χ4n) is 1.90. The monoisotopic (exact) mass is 253 g/mol. The standard InChI is InChI=1S/C12H19N3OS/c1-7(2)10(13)11(16)15-12-14-8-5-3-4-6-9(8)17-12/h7,10H,3-6,13H2,1-2H3,(H,14,15,16). The van der Waals surface area contributed by atoms with Gasteiger partial charge in [-0.15, -0.1) is 11.3 Å². The van der Waals surface area contributed by atoms with Crippen LogP contribution in [-0.2, 0) is 17.6 Å². The van der Waals surface area contributed by atoms with Crippen molar-refractivity contribution >= 4 is 22.4 Å². The van der Waals surface area contributed by atoms with Gasteiger partial charge in [0.15, 0.2) is 5.13 Å². The normalized spacial score (nSPS) is 16.7. The number of thiazole rings is 1. The SMILES string of the molecule is CC(C)C(N)C(=O)Nc1nc2c(s1)CCCC2. The van der Waals surface area contributed by atoms with Gasteiger partial charge < -0.3 is 11.1 Å². The number of rotatable bonds is 3. The zero-order chi connectivity index (χ0) is 12.4. The molecule has 1 aliphatic rings. The summed E-state index contributed by atoms with van der Waals surface area (Å²) in [5, 5.41) is 3.53. The molecule has 0 aromatic carbocycles. The van der Waals surface area contributed by atoms with E-state index in [-0.39, 0.29) is 11.8 Å². The van der Waals surface area contributed by atoms with Crippen molar-refractivity contribution in [2.45, 2.75) is 45.6 Å². The Bertz CT molecular complexity index is 390. The lowest BCUT2D eigenvalue weighted by atomic mass is 10.0. The van der Waals surface area contributed by atoms with Crippen molar-refractivity contribution in [3.63, 3.8) is 0 Å². The number of hydrogen-bond donors (Lipinski definition) is 2. The zero-order valence-corrected chi connectivity index (χ0v) is 11.1. The molecule has 1 aliphatic carbocycles. The Morgan fingerprint density at radius 3 is 2.76 bits per heavy atom. The summed E-state index contributed by atoms with van der Waals surface area (Å²) < 4.78 is 0. The van der Waals surface area contributed by atoms with Crippen LogP contribution >= 0.6 is 11.3 Å². The van der Waals surface area contributed by atoms with E-state index in [4.69, 9.17) is 5.73 Å². The number of carbonyl (C=O) groups is 1.